The second kappa shape index (κ2) is 8.43. The van der Waals surface area contributed by atoms with Gasteiger partial charge in [0, 0.05) is 29.3 Å². The van der Waals surface area contributed by atoms with Gasteiger partial charge in [0.2, 0.25) is 0 Å². The van der Waals surface area contributed by atoms with Gasteiger partial charge in [-0.2, -0.15) is 0 Å². The Hall–Kier alpha value is -3.71. The van der Waals surface area contributed by atoms with Crippen LogP contribution in [0.5, 0.6) is 0 Å². The Balaban J connectivity index is 1.53. The predicted molar refractivity (Wildman–Crippen MR) is 127 cm³/mol. The zero-order valence-corrected chi connectivity index (χ0v) is 18.6. The van der Waals surface area contributed by atoms with Crippen molar-refractivity contribution in [3.63, 3.8) is 0 Å². The van der Waals surface area contributed by atoms with Gasteiger partial charge >= 0.3 is 0 Å². The van der Waals surface area contributed by atoms with Crippen LogP contribution in [-0.2, 0) is 5.75 Å². The highest BCUT2D eigenvalue weighted by Gasteiger charge is 2.17. The summed E-state index contributed by atoms with van der Waals surface area (Å²) in [6.45, 7) is 4.13. The van der Waals surface area contributed by atoms with Crippen LogP contribution in [0, 0.1) is 13.8 Å². The van der Waals surface area contributed by atoms with Gasteiger partial charge in [-0.1, -0.05) is 65.4 Å². The Labute approximate surface area is 189 Å². The highest BCUT2D eigenvalue weighted by Crippen LogP contribution is 2.29. The van der Waals surface area contributed by atoms with Crippen LogP contribution in [0.3, 0.4) is 0 Å². The molecule has 5 rings (SSSR count). The third-order valence-electron chi connectivity index (χ3n) is 5.21. The van der Waals surface area contributed by atoms with Gasteiger partial charge in [0.05, 0.1) is 5.69 Å². The van der Waals surface area contributed by atoms with E-state index in [4.69, 9.17) is 0 Å². The minimum Gasteiger partial charge on any atom is -0.270 e. The molecule has 7 heteroatoms. The number of rotatable bonds is 5. The Kier molecular flexibility index (Phi) is 5.33. The molecule has 0 bridgehead atoms. The van der Waals surface area contributed by atoms with E-state index in [1.165, 1.54) is 22.9 Å². The predicted octanol–water partition coefficient (Wildman–Crippen LogP) is 4.85. The number of aromatic nitrogens is 5. The van der Waals surface area contributed by atoms with Crippen molar-refractivity contribution in [1.82, 2.24) is 24.1 Å². The van der Waals surface area contributed by atoms with Crippen LogP contribution in [0.4, 0.5) is 0 Å². The largest absolute Gasteiger partial charge is 0.270 e. The van der Waals surface area contributed by atoms with Crippen LogP contribution in [0.25, 0.3) is 22.7 Å². The average Bonchev–Trinajstić information content (AvgIpc) is 3.23. The number of aryl methyl sites for hydroxylation is 2. The molecule has 3 heterocycles. The van der Waals surface area contributed by atoms with E-state index in [0.29, 0.717) is 17.1 Å². The highest BCUT2D eigenvalue weighted by atomic mass is 32.2. The van der Waals surface area contributed by atoms with Gasteiger partial charge in [-0.25, -0.2) is 4.98 Å². The molecule has 2 aromatic carbocycles. The van der Waals surface area contributed by atoms with Gasteiger partial charge in [0.1, 0.15) is 5.65 Å². The molecule has 0 spiro atoms. The molecule has 0 unspecified atom stereocenters. The van der Waals surface area contributed by atoms with Crippen LogP contribution in [-0.4, -0.2) is 24.1 Å². The molecule has 3 aromatic heterocycles. The van der Waals surface area contributed by atoms with Crippen molar-refractivity contribution in [2.45, 2.75) is 24.8 Å². The van der Waals surface area contributed by atoms with E-state index in [9.17, 15) is 4.79 Å². The third-order valence-corrected chi connectivity index (χ3v) is 6.17. The zero-order chi connectivity index (χ0) is 22.1. The number of thioether (sulfide) groups is 1. The molecular weight excluding hydrogens is 418 g/mol. The fourth-order valence-electron chi connectivity index (χ4n) is 3.50. The van der Waals surface area contributed by atoms with Crippen molar-refractivity contribution in [2.75, 3.05) is 0 Å². The maximum absolute atomic E-state index is 12.4. The van der Waals surface area contributed by atoms with Gasteiger partial charge in [-0.3, -0.25) is 13.8 Å². The van der Waals surface area contributed by atoms with Gasteiger partial charge in [0.25, 0.3) is 5.56 Å². The van der Waals surface area contributed by atoms with E-state index in [0.717, 1.165) is 22.2 Å². The Morgan fingerprint density at radius 2 is 1.59 bits per heavy atom. The summed E-state index contributed by atoms with van der Waals surface area (Å²) in [6.07, 6.45) is 1.73. The third kappa shape index (κ3) is 3.94. The lowest BCUT2D eigenvalue weighted by Crippen LogP contribution is -2.14. The van der Waals surface area contributed by atoms with Crippen molar-refractivity contribution in [1.29, 1.82) is 0 Å². The SMILES string of the molecule is Cc1ccc(-c2nnc(SCc3cc(=O)n4ccccc4n3)n2-c2ccc(C)cc2)cc1. The number of fused-ring (bicyclic) bond motifs is 1. The minimum absolute atomic E-state index is 0.0912. The Bertz CT molecular complexity index is 1450. The van der Waals surface area contributed by atoms with E-state index < -0.39 is 0 Å². The molecule has 0 aliphatic rings. The van der Waals surface area contributed by atoms with Crippen molar-refractivity contribution < 1.29 is 0 Å². The van der Waals surface area contributed by atoms with Crippen LogP contribution in [0.2, 0.25) is 0 Å². The summed E-state index contributed by atoms with van der Waals surface area (Å²) in [5.74, 6) is 1.29. The molecule has 0 fully saturated rings. The Morgan fingerprint density at radius 3 is 2.34 bits per heavy atom. The number of nitrogens with zero attached hydrogens (tertiary/aromatic N) is 5. The van der Waals surface area contributed by atoms with Gasteiger partial charge < -0.3 is 0 Å². The number of hydrogen-bond donors (Lipinski definition) is 0. The van der Waals surface area contributed by atoms with Crippen molar-refractivity contribution in [3.05, 3.63) is 106 Å². The smallest absolute Gasteiger partial charge is 0.258 e. The molecule has 0 saturated carbocycles. The van der Waals surface area contributed by atoms with E-state index in [1.54, 1.807) is 16.7 Å². The molecule has 0 N–H and O–H groups in total. The first kappa shape index (κ1) is 20.2. The van der Waals surface area contributed by atoms with E-state index >= 15 is 0 Å². The van der Waals surface area contributed by atoms with Crippen LogP contribution >= 0.6 is 11.8 Å². The summed E-state index contributed by atoms with van der Waals surface area (Å²) in [5.41, 5.74) is 5.62. The summed E-state index contributed by atoms with van der Waals surface area (Å²) in [5, 5.41) is 9.73. The quantitative estimate of drug-likeness (QED) is 0.366. The molecule has 0 aliphatic carbocycles. The lowest BCUT2D eigenvalue weighted by Gasteiger charge is -2.11. The summed E-state index contributed by atoms with van der Waals surface area (Å²) < 4.78 is 3.60. The molecular formula is C25H21N5OS. The van der Waals surface area contributed by atoms with Crippen LogP contribution in [0.15, 0.2) is 88.9 Å². The first-order valence-corrected chi connectivity index (χ1v) is 11.3. The standard InChI is InChI=1S/C25H21N5OS/c1-17-6-10-19(11-7-17)24-27-28-25(30(24)21-12-8-18(2)9-13-21)32-16-20-15-23(31)29-14-4-3-5-22(29)26-20/h3-15H,16H2,1-2H3. The number of pyridine rings is 1. The number of benzene rings is 2. The first-order valence-electron chi connectivity index (χ1n) is 10.3. The van der Waals surface area contributed by atoms with E-state index in [-0.39, 0.29) is 5.56 Å². The highest BCUT2D eigenvalue weighted by molar-refractivity contribution is 7.98. The molecule has 0 saturated heterocycles. The lowest BCUT2D eigenvalue weighted by atomic mass is 10.1. The van der Waals surface area contributed by atoms with Crippen molar-refractivity contribution in [2.24, 2.45) is 0 Å². The molecule has 6 nitrogen and oxygen atoms in total. The molecule has 158 valence electrons. The maximum Gasteiger partial charge on any atom is 0.258 e. The molecule has 0 amide bonds. The summed E-state index contributed by atoms with van der Waals surface area (Å²) in [7, 11) is 0. The molecule has 0 radical (unpaired) electrons. The lowest BCUT2D eigenvalue weighted by molar-refractivity contribution is 0.884. The monoisotopic (exact) mass is 439 g/mol. The van der Waals surface area contributed by atoms with Gasteiger partial charge in [-0.05, 0) is 38.1 Å². The second-order valence-corrected chi connectivity index (χ2v) is 8.59. The molecule has 5 aromatic rings. The zero-order valence-electron chi connectivity index (χ0n) is 17.8. The summed E-state index contributed by atoms with van der Waals surface area (Å²) in [4.78, 5) is 17.1. The molecule has 0 aliphatic heterocycles. The van der Waals surface area contributed by atoms with E-state index in [2.05, 4.69) is 82.1 Å². The maximum atomic E-state index is 12.4. The van der Waals surface area contributed by atoms with Gasteiger partial charge in [0.15, 0.2) is 11.0 Å². The fraction of sp³-hybridized carbons (Fsp3) is 0.120. The van der Waals surface area contributed by atoms with Crippen molar-refractivity contribution in [3.8, 4) is 17.1 Å². The average molecular weight is 440 g/mol. The topological polar surface area (TPSA) is 65.1 Å². The van der Waals surface area contributed by atoms with Gasteiger partial charge in [-0.15, -0.1) is 10.2 Å². The summed E-state index contributed by atoms with van der Waals surface area (Å²) in [6, 6.07) is 23.7. The van der Waals surface area contributed by atoms with Crippen LogP contribution < -0.4 is 5.56 Å². The second-order valence-electron chi connectivity index (χ2n) is 7.65. The minimum atomic E-state index is -0.0912. The molecule has 32 heavy (non-hydrogen) atoms. The van der Waals surface area contributed by atoms with Crippen molar-refractivity contribution >= 4 is 17.4 Å². The summed E-state index contributed by atoms with van der Waals surface area (Å²) >= 11 is 1.51. The van der Waals surface area contributed by atoms with Crippen LogP contribution in [0.1, 0.15) is 16.8 Å². The van der Waals surface area contributed by atoms with E-state index in [1.807, 2.05) is 18.2 Å². The first-order chi connectivity index (χ1) is 15.6. The Morgan fingerprint density at radius 1 is 0.875 bits per heavy atom. The fourth-order valence-corrected chi connectivity index (χ4v) is 4.34. The number of hydrogen-bond acceptors (Lipinski definition) is 5. The molecule has 0 atom stereocenters. The normalized spacial score (nSPS) is 11.2.